The molecule has 1 aliphatic heterocycles. The molecule has 0 aromatic rings. The van der Waals surface area contributed by atoms with E-state index < -0.39 is 0 Å². The Kier molecular flexibility index (Phi) is 5.85. The van der Waals surface area contributed by atoms with Crippen LogP contribution in [-0.4, -0.2) is 49.6 Å². The lowest BCUT2D eigenvalue weighted by molar-refractivity contribution is -0.148. The van der Waals surface area contributed by atoms with Gasteiger partial charge in [-0.2, -0.15) is 0 Å². The van der Waals surface area contributed by atoms with Crippen molar-refractivity contribution in [3.63, 3.8) is 0 Å². The number of ether oxygens (including phenoxy) is 1. The van der Waals surface area contributed by atoms with E-state index in [1.807, 2.05) is 11.8 Å². The van der Waals surface area contributed by atoms with Crippen LogP contribution >= 0.6 is 0 Å². The fourth-order valence-corrected chi connectivity index (χ4v) is 2.20. The van der Waals surface area contributed by atoms with E-state index >= 15 is 0 Å². The van der Waals surface area contributed by atoms with Gasteiger partial charge in [0.2, 0.25) is 5.91 Å². The first-order valence-electron chi connectivity index (χ1n) is 6.30. The van der Waals surface area contributed by atoms with E-state index in [0.717, 1.165) is 19.4 Å². The summed E-state index contributed by atoms with van der Waals surface area (Å²) in [5.41, 5.74) is 0. The van der Waals surface area contributed by atoms with Crippen LogP contribution < -0.4 is 5.32 Å². The molecule has 1 amide bonds. The van der Waals surface area contributed by atoms with E-state index in [2.05, 4.69) is 11.9 Å². The number of carbonyl (C=O) groups excluding carboxylic acids is 2. The normalized spacial score (nSPS) is 22.0. The van der Waals surface area contributed by atoms with Crippen molar-refractivity contribution < 1.29 is 14.3 Å². The van der Waals surface area contributed by atoms with Gasteiger partial charge >= 0.3 is 5.97 Å². The molecule has 1 N–H and O–H groups in total. The third-order valence-corrected chi connectivity index (χ3v) is 3.34. The van der Waals surface area contributed by atoms with Crippen molar-refractivity contribution in [2.75, 3.05) is 26.7 Å². The van der Waals surface area contributed by atoms with Crippen LogP contribution in [0.2, 0.25) is 0 Å². The number of piperidine rings is 1. The van der Waals surface area contributed by atoms with Crippen molar-refractivity contribution in [1.29, 1.82) is 0 Å². The summed E-state index contributed by atoms with van der Waals surface area (Å²) in [6.45, 7) is 7.33. The van der Waals surface area contributed by atoms with Gasteiger partial charge in [-0.15, -0.1) is 6.58 Å². The van der Waals surface area contributed by atoms with E-state index in [1.54, 1.807) is 6.08 Å². The van der Waals surface area contributed by atoms with Gasteiger partial charge in [0.1, 0.15) is 0 Å². The predicted octanol–water partition coefficient (Wildman–Crippen LogP) is 0.562. The maximum atomic E-state index is 11.8. The molecule has 5 nitrogen and oxygen atoms in total. The standard InChI is InChI=1S/C13H22N2O3/c1-4-7-14-12(16)10(2)15-8-5-6-11(9-15)13(17)18-3/h4,10-11H,1,5-9H2,2-3H3,(H,14,16). The highest BCUT2D eigenvalue weighted by Gasteiger charge is 2.31. The maximum absolute atomic E-state index is 11.8. The Labute approximate surface area is 108 Å². The van der Waals surface area contributed by atoms with E-state index in [4.69, 9.17) is 4.74 Å². The number of methoxy groups -OCH3 is 1. The lowest BCUT2D eigenvalue weighted by Crippen LogP contribution is -2.50. The highest BCUT2D eigenvalue weighted by atomic mass is 16.5. The van der Waals surface area contributed by atoms with E-state index in [-0.39, 0.29) is 23.8 Å². The van der Waals surface area contributed by atoms with Crippen molar-refractivity contribution in [2.45, 2.75) is 25.8 Å². The molecule has 0 radical (unpaired) electrons. The Morgan fingerprint density at radius 3 is 2.94 bits per heavy atom. The molecule has 2 unspecified atom stereocenters. The second-order valence-electron chi connectivity index (χ2n) is 4.57. The van der Waals surface area contributed by atoms with Gasteiger partial charge in [0.05, 0.1) is 19.1 Å². The van der Waals surface area contributed by atoms with Gasteiger partial charge in [0, 0.05) is 13.1 Å². The molecule has 0 spiro atoms. The topological polar surface area (TPSA) is 58.6 Å². The Morgan fingerprint density at radius 2 is 2.33 bits per heavy atom. The lowest BCUT2D eigenvalue weighted by Gasteiger charge is -2.34. The molecule has 18 heavy (non-hydrogen) atoms. The summed E-state index contributed by atoms with van der Waals surface area (Å²) in [7, 11) is 1.40. The second kappa shape index (κ2) is 7.16. The van der Waals surface area contributed by atoms with Crippen molar-refractivity contribution >= 4 is 11.9 Å². The minimum atomic E-state index is -0.225. The van der Waals surface area contributed by atoms with Gasteiger partial charge in [0.15, 0.2) is 0 Å². The average Bonchev–Trinajstić information content (AvgIpc) is 2.43. The quantitative estimate of drug-likeness (QED) is 0.575. The zero-order chi connectivity index (χ0) is 13.5. The summed E-state index contributed by atoms with van der Waals surface area (Å²) in [6, 6.07) is -0.225. The number of hydrogen-bond acceptors (Lipinski definition) is 4. The summed E-state index contributed by atoms with van der Waals surface area (Å²) in [6.07, 6.45) is 3.40. The molecule has 102 valence electrons. The van der Waals surface area contributed by atoms with Gasteiger partial charge < -0.3 is 10.1 Å². The van der Waals surface area contributed by atoms with Gasteiger partial charge in [-0.25, -0.2) is 0 Å². The number of esters is 1. The second-order valence-corrected chi connectivity index (χ2v) is 4.57. The summed E-state index contributed by atoms with van der Waals surface area (Å²) in [4.78, 5) is 25.4. The van der Waals surface area contributed by atoms with Crippen LogP contribution in [0.1, 0.15) is 19.8 Å². The smallest absolute Gasteiger partial charge is 0.309 e. The number of amides is 1. The van der Waals surface area contributed by atoms with E-state index in [0.29, 0.717) is 13.1 Å². The number of hydrogen-bond donors (Lipinski definition) is 1. The molecule has 1 fully saturated rings. The Balaban J connectivity index is 2.52. The molecule has 0 aromatic heterocycles. The SMILES string of the molecule is C=CCNC(=O)C(C)N1CCCC(C(=O)OC)C1. The first kappa shape index (κ1) is 14.7. The summed E-state index contributed by atoms with van der Waals surface area (Å²) < 4.78 is 4.76. The van der Waals surface area contributed by atoms with E-state index in [1.165, 1.54) is 7.11 Å². The highest BCUT2D eigenvalue weighted by molar-refractivity contribution is 5.81. The zero-order valence-electron chi connectivity index (χ0n) is 11.1. The minimum absolute atomic E-state index is 0.0274. The molecule has 1 heterocycles. The van der Waals surface area contributed by atoms with Crippen LogP contribution in [0.5, 0.6) is 0 Å². The number of likely N-dealkylation sites (tertiary alicyclic amines) is 1. The maximum Gasteiger partial charge on any atom is 0.309 e. The van der Waals surface area contributed by atoms with Crippen molar-refractivity contribution in [2.24, 2.45) is 5.92 Å². The van der Waals surface area contributed by atoms with Crippen LogP contribution in [0, 0.1) is 5.92 Å². The summed E-state index contributed by atoms with van der Waals surface area (Å²) >= 11 is 0. The van der Waals surface area contributed by atoms with Gasteiger partial charge in [-0.1, -0.05) is 6.08 Å². The van der Waals surface area contributed by atoms with Crippen LogP contribution in [0.15, 0.2) is 12.7 Å². The minimum Gasteiger partial charge on any atom is -0.469 e. The molecule has 1 aliphatic rings. The van der Waals surface area contributed by atoms with E-state index in [9.17, 15) is 9.59 Å². The van der Waals surface area contributed by atoms with Gasteiger partial charge in [-0.3, -0.25) is 14.5 Å². The Morgan fingerprint density at radius 1 is 1.61 bits per heavy atom. The van der Waals surface area contributed by atoms with Crippen molar-refractivity contribution in [3.05, 3.63) is 12.7 Å². The monoisotopic (exact) mass is 254 g/mol. The lowest BCUT2D eigenvalue weighted by atomic mass is 9.97. The molecule has 1 rings (SSSR count). The molecule has 0 aromatic carbocycles. The number of nitrogens with zero attached hydrogens (tertiary/aromatic N) is 1. The average molecular weight is 254 g/mol. The summed E-state index contributed by atoms with van der Waals surface area (Å²) in [5, 5.41) is 2.77. The molecule has 1 saturated heterocycles. The predicted molar refractivity (Wildman–Crippen MR) is 69.0 cm³/mol. The fraction of sp³-hybridized carbons (Fsp3) is 0.692. The molecule has 0 aliphatic carbocycles. The van der Waals surface area contributed by atoms with Gasteiger partial charge in [-0.05, 0) is 26.3 Å². The first-order chi connectivity index (χ1) is 8.60. The Bertz CT molecular complexity index is 317. The molecular weight excluding hydrogens is 232 g/mol. The third kappa shape index (κ3) is 3.84. The molecular formula is C13H22N2O3. The molecule has 0 bridgehead atoms. The van der Waals surface area contributed by atoms with Crippen molar-refractivity contribution in [1.82, 2.24) is 10.2 Å². The summed E-state index contributed by atoms with van der Waals surface area (Å²) in [5.74, 6) is -0.322. The molecule has 0 saturated carbocycles. The van der Waals surface area contributed by atoms with Crippen molar-refractivity contribution in [3.8, 4) is 0 Å². The number of rotatable bonds is 5. The van der Waals surface area contributed by atoms with Crippen LogP contribution in [-0.2, 0) is 14.3 Å². The molecule has 2 atom stereocenters. The zero-order valence-corrected chi connectivity index (χ0v) is 11.1. The largest absolute Gasteiger partial charge is 0.469 e. The van der Waals surface area contributed by atoms with Crippen LogP contribution in [0.3, 0.4) is 0 Å². The number of carbonyl (C=O) groups is 2. The molecule has 5 heteroatoms. The number of nitrogens with one attached hydrogen (secondary N) is 1. The first-order valence-corrected chi connectivity index (χ1v) is 6.30. The van der Waals surface area contributed by atoms with Gasteiger partial charge in [0.25, 0.3) is 0 Å². The van der Waals surface area contributed by atoms with Crippen LogP contribution in [0.25, 0.3) is 0 Å². The third-order valence-electron chi connectivity index (χ3n) is 3.34. The van der Waals surface area contributed by atoms with Crippen LogP contribution in [0.4, 0.5) is 0 Å². The Hall–Kier alpha value is -1.36. The highest BCUT2D eigenvalue weighted by Crippen LogP contribution is 2.19. The fourth-order valence-electron chi connectivity index (χ4n) is 2.20.